The van der Waals surface area contributed by atoms with Crippen LogP contribution in [0.3, 0.4) is 0 Å². The molecule has 0 aliphatic rings. The van der Waals surface area contributed by atoms with Crippen LogP contribution in [0.4, 0.5) is 0 Å². The Morgan fingerprint density at radius 2 is 2.06 bits per heavy atom. The highest BCUT2D eigenvalue weighted by Gasteiger charge is 2.10. The third kappa shape index (κ3) is 4.14. The summed E-state index contributed by atoms with van der Waals surface area (Å²) in [7, 11) is 0. The summed E-state index contributed by atoms with van der Waals surface area (Å²) in [6.07, 6.45) is -0.650. The molecule has 3 N–H and O–H groups in total. The molecule has 86 valence electrons. The van der Waals surface area contributed by atoms with Crippen molar-refractivity contribution in [1.82, 2.24) is 0 Å². The van der Waals surface area contributed by atoms with Crippen molar-refractivity contribution in [3.8, 4) is 5.75 Å². The Morgan fingerprint density at radius 3 is 2.62 bits per heavy atom. The van der Waals surface area contributed by atoms with Gasteiger partial charge in [0.15, 0.2) is 0 Å². The van der Waals surface area contributed by atoms with Crippen LogP contribution in [0.15, 0.2) is 42.5 Å². The number of primary amides is 1. The lowest BCUT2D eigenvalue weighted by atomic mass is 10.1. The van der Waals surface area contributed by atoms with E-state index in [2.05, 4.69) is 6.58 Å². The van der Waals surface area contributed by atoms with E-state index in [1.54, 1.807) is 12.1 Å². The Bertz CT molecular complexity index is 362. The van der Waals surface area contributed by atoms with E-state index in [9.17, 15) is 9.90 Å². The molecule has 1 atom stereocenters. The van der Waals surface area contributed by atoms with Gasteiger partial charge in [-0.25, -0.2) is 0 Å². The average molecular weight is 221 g/mol. The van der Waals surface area contributed by atoms with Gasteiger partial charge in [0.2, 0.25) is 5.91 Å². The van der Waals surface area contributed by atoms with Crippen LogP contribution in [-0.4, -0.2) is 23.7 Å². The number of hydrogen-bond donors (Lipinski definition) is 2. The monoisotopic (exact) mass is 221 g/mol. The number of para-hydroxylation sites is 1. The summed E-state index contributed by atoms with van der Waals surface area (Å²) in [5, 5.41) is 9.54. The third-order valence-electron chi connectivity index (χ3n) is 2.02. The van der Waals surface area contributed by atoms with Crippen molar-refractivity contribution in [3.05, 3.63) is 42.5 Å². The van der Waals surface area contributed by atoms with Gasteiger partial charge in [-0.3, -0.25) is 4.79 Å². The number of amides is 1. The summed E-state index contributed by atoms with van der Waals surface area (Å²) in [6.45, 7) is 3.57. The highest BCUT2D eigenvalue weighted by molar-refractivity contribution is 5.91. The van der Waals surface area contributed by atoms with Gasteiger partial charge in [0.25, 0.3) is 0 Å². The van der Waals surface area contributed by atoms with Crippen molar-refractivity contribution in [3.63, 3.8) is 0 Å². The zero-order valence-corrected chi connectivity index (χ0v) is 8.93. The zero-order chi connectivity index (χ0) is 12.0. The van der Waals surface area contributed by atoms with E-state index in [4.69, 9.17) is 10.5 Å². The molecule has 4 nitrogen and oxygen atoms in total. The van der Waals surface area contributed by atoms with Crippen molar-refractivity contribution < 1.29 is 14.6 Å². The number of ether oxygens (including phenoxy) is 1. The Kier molecular flexibility index (Phi) is 4.54. The van der Waals surface area contributed by atoms with Crippen molar-refractivity contribution in [2.45, 2.75) is 12.5 Å². The largest absolute Gasteiger partial charge is 0.491 e. The molecular weight excluding hydrogens is 206 g/mol. The predicted molar refractivity (Wildman–Crippen MR) is 60.9 cm³/mol. The van der Waals surface area contributed by atoms with Crippen LogP contribution in [0.5, 0.6) is 5.75 Å². The number of carbonyl (C=O) groups is 1. The van der Waals surface area contributed by atoms with Gasteiger partial charge in [-0.1, -0.05) is 24.8 Å². The van der Waals surface area contributed by atoms with Gasteiger partial charge < -0.3 is 15.6 Å². The molecule has 0 bridgehead atoms. The maximum atomic E-state index is 10.7. The van der Waals surface area contributed by atoms with Crippen LogP contribution in [0, 0.1) is 0 Å². The second kappa shape index (κ2) is 5.92. The highest BCUT2D eigenvalue weighted by Crippen LogP contribution is 2.10. The van der Waals surface area contributed by atoms with Crippen LogP contribution >= 0.6 is 0 Å². The van der Waals surface area contributed by atoms with Gasteiger partial charge in [0.05, 0.1) is 6.10 Å². The summed E-state index contributed by atoms with van der Waals surface area (Å²) in [4.78, 5) is 10.7. The number of carbonyl (C=O) groups excluding carboxylic acids is 1. The lowest BCUT2D eigenvalue weighted by molar-refractivity contribution is -0.114. The summed E-state index contributed by atoms with van der Waals surface area (Å²) in [5.41, 5.74) is 5.20. The second-order valence-corrected chi connectivity index (χ2v) is 3.45. The summed E-state index contributed by atoms with van der Waals surface area (Å²) in [6, 6.07) is 9.12. The number of hydrogen-bond acceptors (Lipinski definition) is 3. The Hall–Kier alpha value is -1.81. The molecule has 1 aromatic rings. The minimum Gasteiger partial charge on any atom is -0.491 e. The fraction of sp³-hybridized carbons (Fsp3) is 0.250. The fourth-order valence-corrected chi connectivity index (χ4v) is 1.15. The first-order valence-corrected chi connectivity index (χ1v) is 4.93. The summed E-state index contributed by atoms with van der Waals surface area (Å²) >= 11 is 0. The molecular formula is C12H15NO3. The van der Waals surface area contributed by atoms with E-state index in [-0.39, 0.29) is 18.6 Å². The molecule has 1 rings (SSSR count). The minimum absolute atomic E-state index is 0.107. The lowest BCUT2D eigenvalue weighted by Crippen LogP contribution is -2.22. The Balaban J connectivity index is 2.33. The molecule has 0 radical (unpaired) electrons. The molecule has 0 aromatic heterocycles. The molecule has 1 unspecified atom stereocenters. The Labute approximate surface area is 94.3 Å². The Morgan fingerprint density at radius 1 is 1.44 bits per heavy atom. The molecule has 0 spiro atoms. The van der Waals surface area contributed by atoms with Crippen molar-refractivity contribution in [1.29, 1.82) is 0 Å². The third-order valence-corrected chi connectivity index (χ3v) is 2.02. The van der Waals surface area contributed by atoms with Crippen LogP contribution in [-0.2, 0) is 4.79 Å². The smallest absolute Gasteiger partial charge is 0.244 e. The van der Waals surface area contributed by atoms with Gasteiger partial charge in [-0.05, 0) is 12.1 Å². The maximum absolute atomic E-state index is 10.7. The van der Waals surface area contributed by atoms with Crippen LogP contribution in [0.1, 0.15) is 6.42 Å². The first kappa shape index (κ1) is 12.3. The van der Waals surface area contributed by atoms with Gasteiger partial charge in [0.1, 0.15) is 12.4 Å². The van der Waals surface area contributed by atoms with E-state index in [1.807, 2.05) is 18.2 Å². The highest BCUT2D eigenvalue weighted by atomic mass is 16.5. The molecule has 0 aliphatic heterocycles. The normalized spacial score (nSPS) is 11.8. The molecule has 16 heavy (non-hydrogen) atoms. The fourth-order valence-electron chi connectivity index (χ4n) is 1.15. The zero-order valence-electron chi connectivity index (χ0n) is 8.93. The average Bonchev–Trinajstić information content (AvgIpc) is 2.27. The van der Waals surface area contributed by atoms with Crippen molar-refractivity contribution >= 4 is 5.91 Å². The maximum Gasteiger partial charge on any atom is 0.244 e. The van der Waals surface area contributed by atoms with Crippen LogP contribution in [0.2, 0.25) is 0 Å². The van der Waals surface area contributed by atoms with E-state index >= 15 is 0 Å². The van der Waals surface area contributed by atoms with Gasteiger partial charge in [-0.2, -0.15) is 0 Å². The molecule has 1 amide bonds. The van der Waals surface area contributed by atoms with E-state index in [0.717, 1.165) is 0 Å². The first-order chi connectivity index (χ1) is 7.59. The number of benzene rings is 1. The van der Waals surface area contributed by atoms with Gasteiger partial charge in [0, 0.05) is 12.0 Å². The van der Waals surface area contributed by atoms with Gasteiger partial charge in [-0.15, -0.1) is 0 Å². The molecule has 1 aromatic carbocycles. The molecule has 0 aliphatic carbocycles. The van der Waals surface area contributed by atoms with Crippen LogP contribution in [0.25, 0.3) is 0 Å². The number of aliphatic hydroxyl groups is 1. The summed E-state index contributed by atoms with van der Waals surface area (Å²) < 4.78 is 5.31. The number of nitrogens with two attached hydrogens (primary N) is 1. The molecule has 4 heteroatoms. The number of rotatable bonds is 6. The molecule has 0 saturated carbocycles. The molecule has 0 saturated heterocycles. The van der Waals surface area contributed by atoms with Crippen LogP contribution < -0.4 is 10.5 Å². The predicted octanol–water partition coefficient (Wildman–Crippen LogP) is 0.858. The quantitative estimate of drug-likeness (QED) is 0.700. The van der Waals surface area contributed by atoms with Gasteiger partial charge >= 0.3 is 0 Å². The summed E-state index contributed by atoms with van der Waals surface area (Å²) in [5.74, 6) is 0.0741. The second-order valence-electron chi connectivity index (χ2n) is 3.45. The van der Waals surface area contributed by atoms with E-state index < -0.39 is 12.0 Å². The standard InChI is InChI=1S/C12H15NO3/c1-9(12(13)15)7-10(14)8-16-11-5-3-2-4-6-11/h2-6,10,14H,1,7-8H2,(H2,13,15). The first-order valence-electron chi connectivity index (χ1n) is 4.93. The van der Waals surface area contributed by atoms with Crippen molar-refractivity contribution in [2.75, 3.05) is 6.61 Å². The topological polar surface area (TPSA) is 72.6 Å². The number of aliphatic hydroxyl groups excluding tert-OH is 1. The molecule has 0 fully saturated rings. The van der Waals surface area contributed by atoms with Crippen molar-refractivity contribution in [2.24, 2.45) is 5.73 Å². The van der Waals surface area contributed by atoms with E-state index in [0.29, 0.717) is 5.75 Å². The molecule has 0 heterocycles. The minimum atomic E-state index is -0.778. The lowest BCUT2D eigenvalue weighted by Gasteiger charge is -2.12. The SMILES string of the molecule is C=C(CC(O)COc1ccccc1)C(N)=O. The van der Waals surface area contributed by atoms with E-state index in [1.165, 1.54) is 0 Å².